The Bertz CT molecular complexity index is 470. The molecular weight excluding hydrogens is 230 g/mol. The van der Waals surface area contributed by atoms with Crippen LogP contribution in [0.2, 0.25) is 0 Å². The Hall–Kier alpha value is -1.11. The maximum Gasteiger partial charge on any atom is 0.175 e. The lowest BCUT2D eigenvalue weighted by atomic mass is 10.0. The maximum absolute atomic E-state index is 11.3. The molecule has 0 fully saturated rings. The summed E-state index contributed by atoms with van der Waals surface area (Å²) in [6.45, 7) is -0.121. The molecule has 0 aliphatic carbocycles. The molecular formula is C10H15NO4S. The van der Waals surface area contributed by atoms with Gasteiger partial charge in [-0.05, 0) is 24.6 Å². The summed E-state index contributed by atoms with van der Waals surface area (Å²) in [4.78, 5) is 0.105. The van der Waals surface area contributed by atoms with Crippen LogP contribution in [0.5, 0.6) is 5.75 Å². The highest BCUT2D eigenvalue weighted by atomic mass is 32.2. The van der Waals surface area contributed by atoms with Crippen LogP contribution < -0.4 is 5.73 Å². The minimum absolute atomic E-state index is 0.0617. The Kier molecular flexibility index (Phi) is 3.90. The first-order valence-corrected chi connectivity index (χ1v) is 6.65. The Balaban J connectivity index is 3.19. The van der Waals surface area contributed by atoms with Gasteiger partial charge in [-0.2, -0.15) is 0 Å². The molecule has 0 radical (unpaired) electrons. The molecule has 1 atom stereocenters. The van der Waals surface area contributed by atoms with Crippen LogP contribution in [0.1, 0.15) is 18.0 Å². The van der Waals surface area contributed by atoms with Crippen LogP contribution in [0.3, 0.4) is 0 Å². The summed E-state index contributed by atoms with van der Waals surface area (Å²) in [5.41, 5.74) is 6.03. The number of hydrogen-bond donors (Lipinski definition) is 3. The molecule has 0 aliphatic rings. The number of sulfone groups is 1. The average Bonchev–Trinajstić information content (AvgIpc) is 2.16. The predicted octanol–water partition coefficient (Wildman–Crippen LogP) is 0.178. The highest BCUT2D eigenvalue weighted by Gasteiger charge is 2.15. The third kappa shape index (κ3) is 2.94. The zero-order valence-corrected chi connectivity index (χ0v) is 9.74. The highest BCUT2D eigenvalue weighted by Crippen LogP contribution is 2.27. The average molecular weight is 245 g/mol. The van der Waals surface area contributed by atoms with E-state index in [-0.39, 0.29) is 23.7 Å². The number of hydrogen-bond acceptors (Lipinski definition) is 5. The molecule has 0 aliphatic heterocycles. The first kappa shape index (κ1) is 13.0. The van der Waals surface area contributed by atoms with Crippen molar-refractivity contribution in [3.8, 4) is 5.75 Å². The molecule has 90 valence electrons. The third-order valence-electron chi connectivity index (χ3n) is 2.27. The van der Waals surface area contributed by atoms with Crippen molar-refractivity contribution < 1.29 is 18.6 Å². The number of aliphatic hydroxyl groups excluding tert-OH is 1. The largest absolute Gasteiger partial charge is 0.508 e. The maximum atomic E-state index is 11.3. The van der Waals surface area contributed by atoms with Crippen molar-refractivity contribution in [2.24, 2.45) is 5.73 Å². The number of aromatic hydroxyl groups is 1. The summed E-state index contributed by atoms with van der Waals surface area (Å²) >= 11 is 0. The minimum atomic E-state index is -3.32. The van der Waals surface area contributed by atoms with Gasteiger partial charge < -0.3 is 15.9 Å². The summed E-state index contributed by atoms with van der Waals surface area (Å²) < 4.78 is 22.6. The van der Waals surface area contributed by atoms with Gasteiger partial charge in [0, 0.05) is 24.5 Å². The normalized spacial score (nSPS) is 13.7. The van der Waals surface area contributed by atoms with E-state index >= 15 is 0 Å². The monoisotopic (exact) mass is 245 g/mol. The molecule has 0 bridgehead atoms. The van der Waals surface area contributed by atoms with Crippen molar-refractivity contribution >= 4 is 9.84 Å². The molecule has 0 saturated carbocycles. The quantitative estimate of drug-likeness (QED) is 0.702. The summed E-state index contributed by atoms with van der Waals surface area (Å²) in [5.74, 6) is -0.0617. The molecule has 0 aromatic heterocycles. The van der Waals surface area contributed by atoms with Crippen molar-refractivity contribution in [2.45, 2.75) is 17.4 Å². The molecule has 1 aromatic carbocycles. The van der Waals surface area contributed by atoms with E-state index in [9.17, 15) is 13.5 Å². The van der Waals surface area contributed by atoms with Crippen LogP contribution in [0.15, 0.2) is 23.1 Å². The van der Waals surface area contributed by atoms with E-state index in [2.05, 4.69) is 0 Å². The first-order valence-electron chi connectivity index (χ1n) is 4.75. The van der Waals surface area contributed by atoms with E-state index in [4.69, 9.17) is 10.8 Å². The van der Waals surface area contributed by atoms with Crippen molar-refractivity contribution in [3.63, 3.8) is 0 Å². The molecule has 1 rings (SSSR count). The number of phenolic OH excluding ortho intramolecular Hbond substituents is 1. The molecule has 0 spiro atoms. The van der Waals surface area contributed by atoms with Crippen LogP contribution in [0, 0.1) is 0 Å². The Morgan fingerprint density at radius 3 is 2.56 bits per heavy atom. The van der Waals surface area contributed by atoms with Crippen LogP contribution in [-0.2, 0) is 9.84 Å². The third-order valence-corrected chi connectivity index (χ3v) is 3.38. The second-order valence-electron chi connectivity index (χ2n) is 3.61. The van der Waals surface area contributed by atoms with Crippen LogP contribution >= 0.6 is 0 Å². The van der Waals surface area contributed by atoms with E-state index in [0.29, 0.717) is 5.56 Å². The zero-order valence-electron chi connectivity index (χ0n) is 8.92. The van der Waals surface area contributed by atoms with Gasteiger partial charge in [0.1, 0.15) is 5.75 Å². The van der Waals surface area contributed by atoms with E-state index in [1.807, 2.05) is 0 Å². The van der Waals surface area contributed by atoms with E-state index in [0.717, 1.165) is 6.26 Å². The van der Waals surface area contributed by atoms with Gasteiger partial charge in [0.05, 0.1) is 4.90 Å². The predicted molar refractivity (Wildman–Crippen MR) is 59.8 cm³/mol. The summed E-state index contributed by atoms with van der Waals surface area (Å²) in [5, 5.41) is 18.3. The lowest BCUT2D eigenvalue weighted by Gasteiger charge is -2.13. The van der Waals surface area contributed by atoms with Crippen LogP contribution in [0.25, 0.3) is 0 Å². The number of aliphatic hydroxyl groups is 1. The molecule has 1 aromatic rings. The molecule has 0 heterocycles. The van der Waals surface area contributed by atoms with Gasteiger partial charge in [0.2, 0.25) is 0 Å². The van der Waals surface area contributed by atoms with Gasteiger partial charge in [0.25, 0.3) is 0 Å². The van der Waals surface area contributed by atoms with Crippen LogP contribution in [0.4, 0.5) is 0 Å². The molecule has 4 N–H and O–H groups in total. The number of phenols is 1. The number of benzene rings is 1. The Labute approximate surface area is 94.4 Å². The zero-order chi connectivity index (χ0) is 12.3. The second-order valence-corrected chi connectivity index (χ2v) is 5.63. The number of rotatable bonds is 4. The van der Waals surface area contributed by atoms with Gasteiger partial charge in [-0.15, -0.1) is 0 Å². The highest BCUT2D eigenvalue weighted by molar-refractivity contribution is 7.90. The first-order chi connectivity index (χ1) is 7.36. The van der Waals surface area contributed by atoms with Crippen molar-refractivity contribution in [1.29, 1.82) is 0 Å². The second kappa shape index (κ2) is 4.82. The Morgan fingerprint density at radius 1 is 1.44 bits per heavy atom. The van der Waals surface area contributed by atoms with Gasteiger partial charge >= 0.3 is 0 Å². The fraction of sp³-hybridized carbons (Fsp3) is 0.400. The molecule has 16 heavy (non-hydrogen) atoms. The number of nitrogens with two attached hydrogens (primary N) is 1. The van der Waals surface area contributed by atoms with Crippen molar-refractivity contribution in [1.82, 2.24) is 0 Å². The fourth-order valence-corrected chi connectivity index (χ4v) is 2.01. The van der Waals surface area contributed by atoms with Gasteiger partial charge in [-0.3, -0.25) is 0 Å². The molecule has 1 unspecified atom stereocenters. The lowest BCUT2D eigenvalue weighted by molar-refractivity contribution is 0.275. The van der Waals surface area contributed by atoms with E-state index in [1.165, 1.54) is 18.2 Å². The summed E-state index contributed by atoms with van der Waals surface area (Å²) in [6.07, 6.45) is 1.35. The summed E-state index contributed by atoms with van der Waals surface area (Å²) in [6, 6.07) is 3.38. The Morgan fingerprint density at radius 2 is 2.06 bits per heavy atom. The topological polar surface area (TPSA) is 101 Å². The van der Waals surface area contributed by atoms with Crippen LogP contribution in [-0.4, -0.2) is 31.5 Å². The minimum Gasteiger partial charge on any atom is -0.508 e. The van der Waals surface area contributed by atoms with E-state index in [1.54, 1.807) is 0 Å². The smallest absolute Gasteiger partial charge is 0.175 e. The van der Waals surface area contributed by atoms with Gasteiger partial charge in [0.15, 0.2) is 9.84 Å². The van der Waals surface area contributed by atoms with Crippen molar-refractivity contribution in [2.75, 3.05) is 12.9 Å². The molecule has 0 saturated heterocycles. The van der Waals surface area contributed by atoms with E-state index < -0.39 is 15.9 Å². The molecule has 5 nitrogen and oxygen atoms in total. The van der Waals surface area contributed by atoms with Crippen molar-refractivity contribution in [3.05, 3.63) is 23.8 Å². The summed E-state index contributed by atoms with van der Waals surface area (Å²) in [7, 11) is -3.32. The molecule has 6 heteroatoms. The molecule has 0 amide bonds. The SMILES string of the molecule is CS(=O)(=O)c1ccc(O)c(C(N)CCO)c1. The van der Waals surface area contributed by atoms with Gasteiger partial charge in [-0.25, -0.2) is 8.42 Å². The fourth-order valence-electron chi connectivity index (χ4n) is 1.35. The lowest BCUT2D eigenvalue weighted by Crippen LogP contribution is -2.13. The standard InChI is InChI=1S/C10H15NO4S/c1-16(14,15)7-2-3-10(13)8(6-7)9(11)4-5-12/h2-3,6,9,12-13H,4-5,11H2,1H3. The van der Waals surface area contributed by atoms with Gasteiger partial charge in [-0.1, -0.05) is 0 Å².